The molecule has 3 aromatic rings. The molecule has 0 bridgehead atoms. The quantitative estimate of drug-likeness (QED) is 0.531. The molecule has 30 heavy (non-hydrogen) atoms. The number of carbonyl (C=O) groups is 1. The molecule has 158 valence electrons. The van der Waals surface area contributed by atoms with Crippen LogP contribution in [0, 0.1) is 0 Å². The standard InChI is InChI=1S/C21H21F3N4OS/c1-13(2)14-7-9-15(10-8-14)19-26-27-20(28(19)3)30-12-18(29)25-17-6-4-5-16(11-17)21(22,23)24/h4-11,13H,12H2,1-3H3,(H,25,29). The summed E-state index contributed by atoms with van der Waals surface area (Å²) in [7, 11) is 1.80. The molecule has 3 rings (SSSR count). The van der Waals surface area contributed by atoms with Crippen molar-refractivity contribution >= 4 is 23.4 Å². The summed E-state index contributed by atoms with van der Waals surface area (Å²) < 4.78 is 40.1. The molecule has 0 aliphatic carbocycles. The zero-order valence-electron chi connectivity index (χ0n) is 16.7. The molecule has 0 unspecified atom stereocenters. The van der Waals surface area contributed by atoms with E-state index in [0.717, 1.165) is 29.5 Å². The molecular weight excluding hydrogens is 413 g/mol. The van der Waals surface area contributed by atoms with E-state index in [1.54, 1.807) is 11.6 Å². The number of amides is 1. The fraction of sp³-hybridized carbons (Fsp3) is 0.286. The molecule has 5 nitrogen and oxygen atoms in total. The molecule has 1 N–H and O–H groups in total. The molecular formula is C21H21F3N4OS. The molecule has 0 saturated carbocycles. The second kappa shape index (κ2) is 8.91. The van der Waals surface area contributed by atoms with E-state index in [9.17, 15) is 18.0 Å². The lowest BCUT2D eigenvalue weighted by atomic mass is 10.0. The maximum absolute atomic E-state index is 12.8. The molecule has 0 atom stereocenters. The highest BCUT2D eigenvalue weighted by molar-refractivity contribution is 7.99. The van der Waals surface area contributed by atoms with Crippen molar-refractivity contribution in [3.63, 3.8) is 0 Å². The summed E-state index contributed by atoms with van der Waals surface area (Å²) in [5.41, 5.74) is 1.42. The Labute approximate surface area is 176 Å². The summed E-state index contributed by atoms with van der Waals surface area (Å²) in [6.07, 6.45) is -4.46. The zero-order chi connectivity index (χ0) is 21.9. The van der Waals surface area contributed by atoms with Crippen LogP contribution in [-0.4, -0.2) is 26.4 Å². The smallest absolute Gasteiger partial charge is 0.325 e. The Morgan fingerprint density at radius 1 is 1.13 bits per heavy atom. The van der Waals surface area contributed by atoms with Gasteiger partial charge in [-0.2, -0.15) is 13.2 Å². The minimum atomic E-state index is -4.46. The second-order valence-corrected chi connectivity index (χ2v) is 8.00. The van der Waals surface area contributed by atoms with Crippen molar-refractivity contribution in [1.82, 2.24) is 14.8 Å². The molecule has 1 heterocycles. The van der Waals surface area contributed by atoms with Gasteiger partial charge < -0.3 is 9.88 Å². The number of hydrogen-bond acceptors (Lipinski definition) is 4. The van der Waals surface area contributed by atoms with E-state index in [0.29, 0.717) is 16.9 Å². The van der Waals surface area contributed by atoms with Gasteiger partial charge >= 0.3 is 6.18 Å². The Kier molecular flexibility index (Phi) is 6.50. The highest BCUT2D eigenvalue weighted by Crippen LogP contribution is 2.31. The number of hydrogen-bond donors (Lipinski definition) is 1. The summed E-state index contributed by atoms with van der Waals surface area (Å²) in [4.78, 5) is 12.2. The highest BCUT2D eigenvalue weighted by atomic mass is 32.2. The van der Waals surface area contributed by atoms with Crippen LogP contribution in [0.4, 0.5) is 18.9 Å². The first kappa shape index (κ1) is 21.9. The monoisotopic (exact) mass is 434 g/mol. The molecule has 1 aromatic heterocycles. The molecule has 0 aliphatic heterocycles. The van der Waals surface area contributed by atoms with Crippen molar-refractivity contribution in [2.75, 3.05) is 11.1 Å². The third kappa shape index (κ3) is 5.21. The number of carbonyl (C=O) groups excluding carboxylic acids is 1. The molecule has 0 aliphatic rings. The van der Waals surface area contributed by atoms with Crippen LogP contribution in [0.25, 0.3) is 11.4 Å². The molecule has 9 heteroatoms. The van der Waals surface area contributed by atoms with Gasteiger partial charge in [-0.05, 0) is 29.7 Å². The van der Waals surface area contributed by atoms with Crippen LogP contribution < -0.4 is 5.32 Å². The maximum Gasteiger partial charge on any atom is 0.416 e. The Hall–Kier alpha value is -2.81. The molecule has 0 radical (unpaired) electrons. The van der Waals surface area contributed by atoms with Crippen molar-refractivity contribution < 1.29 is 18.0 Å². The lowest BCUT2D eigenvalue weighted by Gasteiger charge is -2.10. The fourth-order valence-electron chi connectivity index (χ4n) is 2.81. The van der Waals surface area contributed by atoms with Crippen LogP contribution in [0.5, 0.6) is 0 Å². The van der Waals surface area contributed by atoms with Crippen LogP contribution in [-0.2, 0) is 18.0 Å². The van der Waals surface area contributed by atoms with E-state index in [-0.39, 0.29) is 11.4 Å². The summed E-state index contributed by atoms with van der Waals surface area (Å²) in [5, 5.41) is 11.3. The van der Waals surface area contributed by atoms with Crippen LogP contribution in [0.2, 0.25) is 0 Å². The number of halogens is 3. The van der Waals surface area contributed by atoms with Gasteiger partial charge in [-0.25, -0.2) is 0 Å². The summed E-state index contributed by atoms with van der Waals surface area (Å²) in [5.74, 6) is 0.672. The molecule has 0 fully saturated rings. The normalized spacial score (nSPS) is 11.7. The number of thioether (sulfide) groups is 1. The van der Waals surface area contributed by atoms with E-state index >= 15 is 0 Å². The average Bonchev–Trinajstić information content (AvgIpc) is 3.06. The SMILES string of the molecule is CC(C)c1ccc(-c2nnc(SCC(=O)Nc3cccc(C(F)(F)F)c3)n2C)cc1. The maximum atomic E-state index is 12.8. The van der Waals surface area contributed by atoms with Crippen molar-refractivity contribution in [2.24, 2.45) is 7.05 Å². The lowest BCUT2D eigenvalue weighted by Crippen LogP contribution is -2.15. The number of alkyl halides is 3. The van der Waals surface area contributed by atoms with Crippen molar-refractivity contribution in [3.8, 4) is 11.4 Å². The topological polar surface area (TPSA) is 59.8 Å². The van der Waals surface area contributed by atoms with E-state index < -0.39 is 17.6 Å². The predicted molar refractivity (Wildman–Crippen MR) is 111 cm³/mol. The molecule has 0 spiro atoms. The van der Waals surface area contributed by atoms with Crippen molar-refractivity contribution in [3.05, 3.63) is 59.7 Å². The predicted octanol–water partition coefficient (Wildman–Crippen LogP) is 5.36. The van der Waals surface area contributed by atoms with Crippen LogP contribution in [0.1, 0.15) is 30.9 Å². The molecule has 2 aromatic carbocycles. The highest BCUT2D eigenvalue weighted by Gasteiger charge is 2.30. The average molecular weight is 434 g/mol. The Bertz CT molecular complexity index is 1030. The van der Waals surface area contributed by atoms with Gasteiger partial charge in [0.25, 0.3) is 0 Å². The van der Waals surface area contributed by atoms with E-state index in [1.807, 2.05) is 24.3 Å². The van der Waals surface area contributed by atoms with Gasteiger partial charge in [-0.15, -0.1) is 10.2 Å². The second-order valence-electron chi connectivity index (χ2n) is 7.06. The zero-order valence-corrected chi connectivity index (χ0v) is 17.5. The minimum Gasteiger partial charge on any atom is -0.325 e. The molecule has 0 saturated heterocycles. The largest absolute Gasteiger partial charge is 0.416 e. The van der Waals surface area contributed by atoms with E-state index in [1.165, 1.54) is 17.7 Å². The number of anilines is 1. The lowest BCUT2D eigenvalue weighted by molar-refractivity contribution is -0.137. The number of nitrogens with one attached hydrogen (secondary N) is 1. The van der Waals surface area contributed by atoms with Gasteiger partial charge in [0.05, 0.1) is 11.3 Å². The van der Waals surface area contributed by atoms with Gasteiger partial charge in [0, 0.05) is 18.3 Å². The van der Waals surface area contributed by atoms with E-state index in [2.05, 4.69) is 29.4 Å². The third-order valence-corrected chi connectivity index (χ3v) is 5.50. The first-order valence-corrected chi connectivity index (χ1v) is 10.2. The number of nitrogens with zero attached hydrogens (tertiary/aromatic N) is 3. The van der Waals surface area contributed by atoms with Gasteiger partial charge in [0.15, 0.2) is 11.0 Å². The third-order valence-electron chi connectivity index (χ3n) is 4.48. The van der Waals surface area contributed by atoms with Crippen molar-refractivity contribution in [1.29, 1.82) is 0 Å². The van der Waals surface area contributed by atoms with Gasteiger partial charge in [0.2, 0.25) is 5.91 Å². The summed E-state index contributed by atoms with van der Waals surface area (Å²) in [6.45, 7) is 4.24. The Morgan fingerprint density at radius 3 is 2.47 bits per heavy atom. The van der Waals surface area contributed by atoms with Gasteiger partial charge in [-0.1, -0.05) is 55.9 Å². The minimum absolute atomic E-state index is 0.00545. The van der Waals surface area contributed by atoms with Crippen LogP contribution in [0.15, 0.2) is 53.7 Å². The summed E-state index contributed by atoms with van der Waals surface area (Å²) in [6, 6.07) is 12.6. The first-order chi connectivity index (χ1) is 14.1. The Morgan fingerprint density at radius 2 is 1.83 bits per heavy atom. The fourth-order valence-corrected chi connectivity index (χ4v) is 3.52. The number of benzene rings is 2. The first-order valence-electron chi connectivity index (χ1n) is 9.25. The van der Waals surface area contributed by atoms with Gasteiger partial charge in [-0.3, -0.25) is 4.79 Å². The number of aromatic nitrogens is 3. The van der Waals surface area contributed by atoms with Crippen molar-refractivity contribution in [2.45, 2.75) is 31.1 Å². The van der Waals surface area contributed by atoms with E-state index in [4.69, 9.17) is 0 Å². The Balaban J connectivity index is 1.63. The number of rotatable bonds is 6. The van der Waals surface area contributed by atoms with Gasteiger partial charge in [0.1, 0.15) is 0 Å². The van der Waals surface area contributed by atoms with Crippen LogP contribution in [0.3, 0.4) is 0 Å². The van der Waals surface area contributed by atoms with Crippen LogP contribution >= 0.6 is 11.8 Å². The molecule has 1 amide bonds. The summed E-state index contributed by atoms with van der Waals surface area (Å²) >= 11 is 1.16.